The molecule has 1 fully saturated rings. The van der Waals surface area contributed by atoms with Crippen molar-refractivity contribution in [2.75, 3.05) is 6.54 Å². The van der Waals surface area contributed by atoms with Crippen molar-refractivity contribution in [1.82, 2.24) is 15.0 Å². The maximum Gasteiger partial charge on any atom is 0.243 e. The second kappa shape index (κ2) is 5.81. The minimum Gasteiger partial charge on any atom is -0.388 e. The molecule has 1 saturated carbocycles. The highest BCUT2D eigenvalue weighted by molar-refractivity contribution is 7.89. The highest BCUT2D eigenvalue weighted by atomic mass is 32.2. The quantitative estimate of drug-likeness (QED) is 0.597. The predicted molar refractivity (Wildman–Crippen MR) is 76.5 cm³/mol. The van der Waals surface area contributed by atoms with E-state index in [9.17, 15) is 13.2 Å². The lowest BCUT2D eigenvalue weighted by atomic mass is 10.3. The number of hydrogen-bond donors (Lipinski definition) is 3. The van der Waals surface area contributed by atoms with Crippen molar-refractivity contribution in [2.45, 2.75) is 23.8 Å². The molecule has 0 spiro atoms. The van der Waals surface area contributed by atoms with Crippen molar-refractivity contribution in [2.24, 2.45) is 5.73 Å². The summed E-state index contributed by atoms with van der Waals surface area (Å²) in [4.78, 5) is 15.1. The van der Waals surface area contributed by atoms with Gasteiger partial charge in [0, 0.05) is 12.2 Å². The van der Waals surface area contributed by atoms with Gasteiger partial charge in [-0.05, 0) is 25.0 Å². The number of carbonyl (C=O) groups is 1. The van der Waals surface area contributed by atoms with Gasteiger partial charge in [0.25, 0.3) is 0 Å². The van der Waals surface area contributed by atoms with Crippen LogP contribution in [0, 0.1) is 0 Å². The van der Waals surface area contributed by atoms with E-state index >= 15 is 0 Å². The topological polar surface area (TPSA) is 114 Å². The standard InChI is InChI=1S/C11H14N4O3S2/c12-11(19)10-8(2-1-5-13-10)20(17,18)14-6-9(16)15-7-3-4-7/h1-2,5,7,14H,3-4,6H2,(H2,12,19)(H,15,16). The summed E-state index contributed by atoms with van der Waals surface area (Å²) in [6, 6.07) is 2.97. The molecule has 1 heterocycles. The lowest BCUT2D eigenvalue weighted by Crippen LogP contribution is -2.38. The summed E-state index contributed by atoms with van der Waals surface area (Å²) in [5.41, 5.74) is 5.45. The van der Waals surface area contributed by atoms with E-state index in [1.54, 1.807) is 0 Å². The van der Waals surface area contributed by atoms with Crippen LogP contribution in [0.4, 0.5) is 0 Å². The smallest absolute Gasteiger partial charge is 0.243 e. The third-order valence-electron chi connectivity index (χ3n) is 2.66. The molecule has 1 aliphatic rings. The molecular weight excluding hydrogens is 300 g/mol. The average molecular weight is 314 g/mol. The van der Waals surface area contributed by atoms with Gasteiger partial charge in [-0.1, -0.05) is 12.2 Å². The van der Waals surface area contributed by atoms with Crippen molar-refractivity contribution in [3.63, 3.8) is 0 Å². The molecule has 4 N–H and O–H groups in total. The van der Waals surface area contributed by atoms with Crippen LogP contribution in [0.1, 0.15) is 18.5 Å². The van der Waals surface area contributed by atoms with E-state index in [0.29, 0.717) is 0 Å². The van der Waals surface area contributed by atoms with Crippen LogP contribution in [0.2, 0.25) is 0 Å². The van der Waals surface area contributed by atoms with E-state index in [1.165, 1.54) is 18.3 Å². The molecule has 0 bridgehead atoms. The molecule has 1 aromatic heterocycles. The molecule has 2 rings (SSSR count). The Morgan fingerprint density at radius 1 is 1.50 bits per heavy atom. The molecule has 0 radical (unpaired) electrons. The lowest BCUT2D eigenvalue weighted by Gasteiger charge is -2.09. The number of nitrogens with two attached hydrogens (primary N) is 1. The van der Waals surface area contributed by atoms with Crippen LogP contribution < -0.4 is 15.8 Å². The van der Waals surface area contributed by atoms with Crippen LogP contribution in [0.5, 0.6) is 0 Å². The first-order valence-corrected chi connectivity index (χ1v) is 7.83. The van der Waals surface area contributed by atoms with Crippen molar-refractivity contribution in [3.8, 4) is 0 Å². The Hall–Kier alpha value is -1.58. The Balaban J connectivity index is 2.09. The molecule has 1 aromatic rings. The van der Waals surface area contributed by atoms with Crippen LogP contribution in [-0.2, 0) is 14.8 Å². The molecule has 9 heteroatoms. The van der Waals surface area contributed by atoms with Gasteiger partial charge >= 0.3 is 0 Å². The molecule has 0 aliphatic heterocycles. The van der Waals surface area contributed by atoms with Crippen LogP contribution in [0.15, 0.2) is 23.2 Å². The number of pyridine rings is 1. The molecule has 7 nitrogen and oxygen atoms in total. The van der Waals surface area contributed by atoms with Gasteiger partial charge in [0.15, 0.2) is 0 Å². The summed E-state index contributed by atoms with van der Waals surface area (Å²) in [6.45, 7) is -0.329. The molecule has 108 valence electrons. The van der Waals surface area contributed by atoms with Crippen molar-refractivity contribution >= 4 is 33.1 Å². The van der Waals surface area contributed by atoms with E-state index in [2.05, 4.69) is 15.0 Å². The number of nitrogens with one attached hydrogen (secondary N) is 2. The molecule has 0 atom stereocenters. The van der Waals surface area contributed by atoms with Gasteiger partial charge in [-0.2, -0.15) is 0 Å². The number of rotatable bonds is 6. The number of thiocarbonyl (C=S) groups is 1. The monoisotopic (exact) mass is 314 g/mol. The summed E-state index contributed by atoms with van der Waals surface area (Å²) in [5, 5.41) is 2.68. The fourth-order valence-electron chi connectivity index (χ4n) is 1.54. The highest BCUT2D eigenvalue weighted by Crippen LogP contribution is 2.18. The van der Waals surface area contributed by atoms with Gasteiger partial charge in [0.1, 0.15) is 15.6 Å². The van der Waals surface area contributed by atoms with Crippen molar-refractivity contribution in [1.29, 1.82) is 0 Å². The first-order chi connectivity index (χ1) is 9.40. The molecule has 1 aliphatic carbocycles. The van der Waals surface area contributed by atoms with Crippen LogP contribution in [0.25, 0.3) is 0 Å². The van der Waals surface area contributed by atoms with E-state index in [-0.39, 0.29) is 34.1 Å². The number of carbonyl (C=O) groups excluding carboxylic acids is 1. The van der Waals surface area contributed by atoms with Gasteiger partial charge in [-0.3, -0.25) is 9.78 Å². The molecule has 0 aromatic carbocycles. The molecule has 0 unspecified atom stereocenters. The summed E-state index contributed by atoms with van der Waals surface area (Å²) in [7, 11) is -3.89. The summed E-state index contributed by atoms with van der Waals surface area (Å²) in [6.07, 6.45) is 3.27. The third kappa shape index (κ3) is 3.71. The summed E-state index contributed by atoms with van der Waals surface area (Å²) in [5.74, 6) is -0.364. The van der Waals surface area contributed by atoms with E-state index < -0.39 is 10.0 Å². The van der Waals surface area contributed by atoms with Gasteiger partial charge in [0.2, 0.25) is 15.9 Å². The SMILES string of the molecule is NC(=S)c1ncccc1S(=O)(=O)NCC(=O)NC1CC1. The summed E-state index contributed by atoms with van der Waals surface area (Å²) < 4.78 is 26.4. The Morgan fingerprint density at radius 3 is 2.80 bits per heavy atom. The maximum absolute atomic E-state index is 12.1. The first kappa shape index (κ1) is 14.8. The Bertz CT molecular complexity index is 641. The fraction of sp³-hybridized carbons (Fsp3) is 0.364. The average Bonchev–Trinajstić information content (AvgIpc) is 3.20. The zero-order valence-corrected chi connectivity index (χ0v) is 12.1. The number of hydrogen-bond acceptors (Lipinski definition) is 5. The fourth-order valence-corrected chi connectivity index (χ4v) is 2.92. The van der Waals surface area contributed by atoms with Crippen LogP contribution in [-0.4, -0.2) is 36.9 Å². The number of sulfonamides is 1. The van der Waals surface area contributed by atoms with Gasteiger partial charge in [-0.25, -0.2) is 13.1 Å². The second-order valence-electron chi connectivity index (χ2n) is 4.38. The van der Waals surface area contributed by atoms with E-state index in [1.807, 2.05) is 0 Å². The number of aromatic nitrogens is 1. The van der Waals surface area contributed by atoms with Gasteiger partial charge in [0.05, 0.1) is 6.54 Å². The molecule has 1 amide bonds. The number of nitrogens with zero attached hydrogens (tertiary/aromatic N) is 1. The minimum atomic E-state index is -3.89. The minimum absolute atomic E-state index is 0.0117. The van der Waals surface area contributed by atoms with E-state index in [4.69, 9.17) is 18.0 Å². The third-order valence-corrected chi connectivity index (χ3v) is 4.28. The Labute approximate surface area is 122 Å². The number of amides is 1. The van der Waals surface area contributed by atoms with Crippen LogP contribution in [0.3, 0.4) is 0 Å². The zero-order chi connectivity index (χ0) is 14.8. The predicted octanol–water partition coefficient (Wildman–Crippen LogP) is -0.727. The normalized spacial score (nSPS) is 14.8. The maximum atomic E-state index is 12.1. The zero-order valence-electron chi connectivity index (χ0n) is 10.5. The van der Waals surface area contributed by atoms with E-state index in [0.717, 1.165) is 12.8 Å². The summed E-state index contributed by atoms with van der Waals surface area (Å²) >= 11 is 4.76. The molecular formula is C11H14N4O3S2. The lowest BCUT2D eigenvalue weighted by molar-refractivity contribution is -0.120. The Morgan fingerprint density at radius 2 is 2.20 bits per heavy atom. The van der Waals surface area contributed by atoms with Crippen LogP contribution >= 0.6 is 12.2 Å². The van der Waals surface area contributed by atoms with Crippen molar-refractivity contribution < 1.29 is 13.2 Å². The molecule has 20 heavy (non-hydrogen) atoms. The first-order valence-electron chi connectivity index (χ1n) is 5.94. The highest BCUT2D eigenvalue weighted by Gasteiger charge is 2.25. The van der Waals surface area contributed by atoms with Gasteiger partial charge in [-0.15, -0.1) is 0 Å². The molecule has 0 saturated heterocycles. The largest absolute Gasteiger partial charge is 0.388 e. The Kier molecular flexibility index (Phi) is 4.31. The second-order valence-corrected chi connectivity index (χ2v) is 6.56. The van der Waals surface area contributed by atoms with Gasteiger partial charge < -0.3 is 11.1 Å². The van der Waals surface area contributed by atoms with Crippen molar-refractivity contribution in [3.05, 3.63) is 24.0 Å².